The maximum absolute atomic E-state index is 12.1. The summed E-state index contributed by atoms with van der Waals surface area (Å²) in [6.45, 7) is 0. The molecule has 1 aromatic carbocycles. The number of phenolic OH excluding ortho intramolecular Hbond substituents is 1. The Morgan fingerprint density at radius 1 is 1.22 bits per heavy atom. The minimum atomic E-state index is -0.235. The number of rotatable bonds is 2. The lowest BCUT2D eigenvalue weighted by Gasteiger charge is -2.16. The summed E-state index contributed by atoms with van der Waals surface area (Å²) in [4.78, 5) is 17.5. The number of hydrogen-bond donors (Lipinski definition) is 2. The molecule has 18 heavy (non-hydrogen) atoms. The van der Waals surface area contributed by atoms with E-state index in [0.717, 1.165) is 0 Å². The summed E-state index contributed by atoms with van der Waals surface area (Å²) in [5.74, 6) is -0.0779. The van der Waals surface area contributed by atoms with E-state index in [1.165, 1.54) is 23.2 Å². The predicted octanol–water partition coefficient (Wildman–Crippen LogP) is 1.65. The van der Waals surface area contributed by atoms with Crippen LogP contribution < -0.4 is 10.6 Å². The first kappa shape index (κ1) is 11.9. The second-order valence-corrected chi connectivity index (χ2v) is 3.86. The average molecular weight is 243 g/mol. The van der Waals surface area contributed by atoms with Gasteiger partial charge >= 0.3 is 0 Å². The SMILES string of the molecule is CN(C(=O)c1ccc(N)cn1)c1ccc(O)cc1. The number of nitrogen functional groups attached to an aromatic ring is 1. The molecular weight excluding hydrogens is 230 g/mol. The lowest BCUT2D eigenvalue weighted by atomic mass is 10.2. The molecule has 3 N–H and O–H groups in total. The van der Waals surface area contributed by atoms with Crippen molar-refractivity contribution in [2.45, 2.75) is 0 Å². The third-order valence-corrected chi connectivity index (χ3v) is 2.55. The largest absolute Gasteiger partial charge is 0.508 e. The molecule has 5 nitrogen and oxygen atoms in total. The monoisotopic (exact) mass is 243 g/mol. The highest BCUT2D eigenvalue weighted by molar-refractivity contribution is 6.04. The number of benzene rings is 1. The average Bonchev–Trinajstić information content (AvgIpc) is 2.39. The fourth-order valence-corrected chi connectivity index (χ4v) is 1.50. The van der Waals surface area contributed by atoms with Crippen LogP contribution in [0.25, 0.3) is 0 Å². The zero-order chi connectivity index (χ0) is 13.1. The van der Waals surface area contributed by atoms with Crippen molar-refractivity contribution in [1.82, 2.24) is 4.98 Å². The summed E-state index contributed by atoms with van der Waals surface area (Å²) in [7, 11) is 1.65. The first-order valence-electron chi connectivity index (χ1n) is 5.36. The molecule has 0 saturated carbocycles. The number of phenols is 1. The number of anilines is 2. The molecule has 0 radical (unpaired) electrons. The fourth-order valence-electron chi connectivity index (χ4n) is 1.50. The van der Waals surface area contributed by atoms with E-state index in [1.54, 1.807) is 31.3 Å². The Morgan fingerprint density at radius 2 is 1.89 bits per heavy atom. The standard InChI is InChI=1S/C13H13N3O2/c1-16(10-3-5-11(17)6-4-10)13(18)12-7-2-9(14)8-15-12/h2-8,17H,14H2,1H3. The van der Waals surface area contributed by atoms with Crippen molar-refractivity contribution in [3.63, 3.8) is 0 Å². The minimum Gasteiger partial charge on any atom is -0.508 e. The lowest BCUT2D eigenvalue weighted by Crippen LogP contribution is -2.26. The van der Waals surface area contributed by atoms with Gasteiger partial charge in [-0.05, 0) is 36.4 Å². The normalized spacial score (nSPS) is 10.1. The zero-order valence-electron chi connectivity index (χ0n) is 9.87. The molecule has 0 atom stereocenters. The van der Waals surface area contributed by atoms with Crippen LogP contribution in [0.5, 0.6) is 5.75 Å². The Balaban J connectivity index is 2.23. The number of carbonyl (C=O) groups is 1. The number of amides is 1. The fraction of sp³-hybridized carbons (Fsp3) is 0.0769. The zero-order valence-corrected chi connectivity index (χ0v) is 9.87. The third-order valence-electron chi connectivity index (χ3n) is 2.55. The highest BCUT2D eigenvalue weighted by Crippen LogP contribution is 2.18. The molecule has 0 bridgehead atoms. The Labute approximate surface area is 104 Å². The molecule has 92 valence electrons. The molecule has 0 fully saturated rings. The molecule has 1 heterocycles. The van der Waals surface area contributed by atoms with Crippen molar-refractivity contribution >= 4 is 17.3 Å². The Kier molecular flexibility index (Phi) is 3.14. The van der Waals surface area contributed by atoms with Gasteiger partial charge in [-0.3, -0.25) is 4.79 Å². The van der Waals surface area contributed by atoms with Crippen molar-refractivity contribution in [3.05, 3.63) is 48.3 Å². The van der Waals surface area contributed by atoms with Crippen molar-refractivity contribution < 1.29 is 9.90 Å². The van der Waals surface area contributed by atoms with Crippen LogP contribution in [0.3, 0.4) is 0 Å². The van der Waals surface area contributed by atoms with Crippen LogP contribution in [0.1, 0.15) is 10.5 Å². The van der Waals surface area contributed by atoms with Crippen molar-refractivity contribution in [1.29, 1.82) is 0 Å². The number of aromatic nitrogens is 1. The second kappa shape index (κ2) is 4.75. The molecule has 0 unspecified atom stereocenters. The molecule has 0 spiro atoms. The molecule has 0 aliphatic carbocycles. The highest BCUT2D eigenvalue weighted by atomic mass is 16.3. The first-order valence-corrected chi connectivity index (χ1v) is 5.36. The molecule has 2 aromatic rings. The van der Waals surface area contributed by atoms with E-state index in [2.05, 4.69) is 4.98 Å². The quantitative estimate of drug-likeness (QED) is 0.840. The molecule has 1 aromatic heterocycles. The van der Waals surface area contributed by atoms with E-state index in [1.807, 2.05) is 0 Å². The van der Waals surface area contributed by atoms with Crippen molar-refractivity contribution in [2.75, 3.05) is 17.7 Å². The van der Waals surface area contributed by atoms with Crippen LogP contribution in [-0.4, -0.2) is 23.0 Å². The van der Waals surface area contributed by atoms with Crippen LogP contribution in [0, 0.1) is 0 Å². The Bertz CT molecular complexity index is 549. The van der Waals surface area contributed by atoms with E-state index in [9.17, 15) is 9.90 Å². The Morgan fingerprint density at radius 3 is 2.44 bits per heavy atom. The van der Waals surface area contributed by atoms with Crippen LogP contribution in [0.15, 0.2) is 42.6 Å². The summed E-state index contributed by atoms with van der Waals surface area (Å²) >= 11 is 0. The molecule has 1 amide bonds. The number of carbonyl (C=O) groups excluding carboxylic acids is 1. The number of nitrogens with two attached hydrogens (primary N) is 1. The summed E-state index contributed by atoms with van der Waals surface area (Å²) < 4.78 is 0. The summed E-state index contributed by atoms with van der Waals surface area (Å²) in [5.41, 5.74) is 7.02. The van der Waals surface area contributed by atoms with Crippen LogP contribution in [0.2, 0.25) is 0 Å². The van der Waals surface area contributed by atoms with Gasteiger partial charge in [0.05, 0.1) is 11.9 Å². The summed E-state index contributed by atoms with van der Waals surface area (Å²) in [6, 6.07) is 9.57. The summed E-state index contributed by atoms with van der Waals surface area (Å²) in [6.07, 6.45) is 1.44. The lowest BCUT2D eigenvalue weighted by molar-refractivity contribution is 0.0988. The Hall–Kier alpha value is -2.56. The van der Waals surface area contributed by atoms with E-state index < -0.39 is 0 Å². The van der Waals surface area contributed by atoms with E-state index >= 15 is 0 Å². The molecule has 0 aliphatic heterocycles. The van der Waals surface area contributed by atoms with E-state index in [0.29, 0.717) is 17.1 Å². The van der Waals surface area contributed by atoms with Gasteiger partial charge in [0, 0.05) is 12.7 Å². The number of aromatic hydroxyl groups is 1. The maximum Gasteiger partial charge on any atom is 0.276 e. The minimum absolute atomic E-state index is 0.158. The maximum atomic E-state index is 12.1. The van der Waals surface area contributed by atoms with Gasteiger partial charge in [0.1, 0.15) is 11.4 Å². The second-order valence-electron chi connectivity index (χ2n) is 3.86. The summed E-state index contributed by atoms with van der Waals surface area (Å²) in [5, 5.41) is 9.19. The molecule has 5 heteroatoms. The van der Waals surface area contributed by atoms with Gasteiger partial charge in [0.2, 0.25) is 0 Å². The smallest absolute Gasteiger partial charge is 0.276 e. The first-order chi connectivity index (χ1) is 8.58. The van der Waals surface area contributed by atoms with E-state index in [4.69, 9.17) is 5.73 Å². The van der Waals surface area contributed by atoms with Crippen LogP contribution in [-0.2, 0) is 0 Å². The van der Waals surface area contributed by atoms with Crippen molar-refractivity contribution in [2.24, 2.45) is 0 Å². The van der Waals surface area contributed by atoms with Gasteiger partial charge in [-0.2, -0.15) is 0 Å². The van der Waals surface area contributed by atoms with Gasteiger partial charge in [-0.25, -0.2) is 4.98 Å². The third kappa shape index (κ3) is 2.40. The van der Waals surface area contributed by atoms with E-state index in [-0.39, 0.29) is 11.7 Å². The predicted molar refractivity (Wildman–Crippen MR) is 69.5 cm³/mol. The van der Waals surface area contributed by atoms with Crippen LogP contribution in [0.4, 0.5) is 11.4 Å². The molecule has 0 aliphatic rings. The molecule has 2 rings (SSSR count). The molecule has 0 saturated heterocycles. The molecular formula is C13H13N3O2. The van der Waals surface area contributed by atoms with Gasteiger partial charge in [0.15, 0.2) is 0 Å². The number of nitrogens with zero attached hydrogens (tertiary/aromatic N) is 2. The van der Waals surface area contributed by atoms with Crippen LogP contribution >= 0.6 is 0 Å². The van der Waals surface area contributed by atoms with Gasteiger partial charge < -0.3 is 15.7 Å². The van der Waals surface area contributed by atoms with Crippen molar-refractivity contribution in [3.8, 4) is 5.75 Å². The number of hydrogen-bond acceptors (Lipinski definition) is 4. The van der Waals surface area contributed by atoms with Gasteiger partial charge in [-0.15, -0.1) is 0 Å². The van der Waals surface area contributed by atoms with Gasteiger partial charge in [-0.1, -0.05) is 0 Å². The number of pyridine rings is 1. The topological polar surface area (TPSA) is 79.5 Å². The highest BCUT2D eigenvalue weighted by Gasteiger charge is 2.14. The van der Waals surface area contributed by atoms with Gasteiger partial charge in [0.25, 0.3) is 5.91 Å².